The summed E-state index contributed by atoms with van der Waals surface area (Å²) in [5.74, 6) is 0. The van der Waals surface area contributed by atoms with Gasteiger partial charge in [0.05, 0.1) is 6.61 Å². The van der Waals surface area contributed by atoms with Crippen LogP contribution in [0.4, 0.5) is 0 Å². The Labute approximate surface area is 105 Å². The van der Waals surface area contributed by atoms with Crippen molar-refractivity contribution in [1.29, 1.82) is 0 Å². The highest BCUT2D eigenvalue weighted by Crippen LogP contribution is 2.05. The Kier molecular flexibility index (Phi) is 6.86. The standard InChI is InChI=1S/C14H24N2O/c1-4-16(2)9-8-15-11-13-6-5-7-14(10-13)12-17-3/h5-7,10,15H,4,8-9,11-12H2,1-3H3. The molecular weight excluding hydrogens is 212 g/mol. The minimum absolute atomic E-state index is 0.687. The summed E-state index contributed by atoms with van der Waals surface area (Å²) in [4.78, 5) is 2.30. The highest BCUT2D eigenvalue weighted by atomic mass is 16.5. The Bertz CT molecular complexity index is 315. The molecule has 0 aromatic heterocycles. The van der Waals surface area contributed by atoms with E-state index < -0.39 is 0 Å². The van der Waals surface area contributed by atoms with Crippen molar-refractivity contribution in [2.45, 2.75) is 20.1 Å². The third-order valence-electron chi connectivity index (χ3n) is 2.84. The van der Waals surface area contributed by atoms with Gasteiger partial charge in [0.2, 0.25) is 0 Å². The molecule has 17 heavy (non-hydrogen) atoms. The summed E-state index contributed by atoms with van der Waals surface area (Å²) in [7, 11) is 3.87. The van der Waals surface area contributed by atoms with E-state index in [-0.39, 0.29) is 0 Å². The summed E-state index contributed by atoms with van der Waals surface area (Å²) in [6.45, 7) is 7.01. The SMILES string of the molecule is CCN(C)CCNCc1cccc(COC)c1. The minimum atomic E-state index is 0.687. The fourth-order valence-electron chi connectivity index (χ4n) is 1.66. The van der Waals surface area contributed by atoms with Gasteiger partial charge in [-0.1, -0.05) is 31.2 Å². The van der Waals surface area contributed by atoms with Crippen LogP contribution in [0.25, 0.3) is 0 Å². The third kappa shape index (κ3) is 5.82. The van der Waals surface area contributed by atoms with Crippen molar-refractivity contribution in [1.82, 2.24) is 10.2 Å². The maximum atomic E-state index is 5.13. The molecule has 1 rings (SSSR count). The first-order chi connectivity index (χ1) is 8.26. The van der Waals surface area contributed by atoms with Gasteiger partial charge in [-0.25, -0.2) is 0 Å². The Balaban J connectivity index is 2.28. The number of hydrogen-bond acceptors (Lipinski definition) is 3. The molecule has 0 unspecified atom stereocenters. The van der Waals surface area contributed by atoms with Gasteiger partial charge in [0.15, 0.2) is 0 Å². The zero-order valence-corrected chi connectivity index (χ0v) is 11.2. The third-order valence-corrected chi connectivity index (χ3v) is 2.84. The molecule has 0 aliphatic rings. The lowest BCUT2D eigenvalue weighted by atomic mass is 10.1. The topological polar surface area (TPSA) is 24.5 Å². The van der Waals surface area contributed by atoms with Gasteiger partial charge in [0.1, 0.15) is 0 Å². The first-order valence-electron chi connectivity index (χ1n) is 6.22. The number of likely N-dealkylation sites (N-methyl/N-ethyl adjacent to an activating group) is 1. The summed E-state index contributed by atoms with van der Waals surface area (Å²) in [6, 6.07) is 8.52. The summed E-state index contributed by atoms with van der Waals surface area (Å²) >= 11 is 0. The van der Waals surface area contributed by atoms with Crippen LogP contribution in [0.3, 0.4) is 0 Å². The van der Waals surface area contributed by atoms with E-state index in [4.69, 9.17) is 4.74 Å². The molecular formula is C14H24N2O. The van der Waals surface area contributed by atoms with Crippen LogP contribution in [0, 0.1) is 0 Å². The molecule has 1 aromatic carbocycles. The van der Waals surface area contributed by atoms with Crippen molar-refractivity contribution in [2.75, 3.05) is 33.8 Å². The van der Waals surface area contributed by atoms with Gasteiger partial charge in [-0.15, -0.1) is 0 Å². The second-order valence-electron chi connectivity index (χ2n) is 4.33. The van der Waals surface area contributed by atoms with Gasteiger partial charge in [-0.3, -0.25) is 0 Å². The lowest BCUT2D eigenvalue weighted by Crippen LogP contribution is -2.28. The van der Waals surface area contributed by atoms with Gasteiger partial charge in [0.25, 0.3) is 0 Å². The minimum Gasteiger partial charge on any atom is -0.380 e. The van der Waals surface area contributed by atoms with E-state index in [9.17, 15) is 0 Å². The molecule has 0 amide bonds. The van der Waals surface area contributed by atoms with E-state index in [1.54, 1.807) is 7.11 Å². The Hall–Kier alpha value is -0.900. The molecule has 0 radical (unpaired) electrons. The second-order valence-corrected chi connectivity index (χ2v) is 4.33. The monoisotopic (exact) mass is 236 g/mol. The van der Waals surface area contributed by atoms with Crippen molar-refractivity contribution in [3.05, 3.63) is 35.4 Å². The van der Waals surface area contributed by atoms with Crippen molar-refractivity contribution >= 4 is 0 Å². The van der Waals surface area contributed by atoms with E-state index in [0.29, 0.717) is 6.61 Å². The zero-order chi connectivity index (χ0) is 12.5. The summed E-state index contributed by atoms with van der Waals surface area (Å²) in [6.07, 6.45) is 0. The molecule has 96 valence electrons. The zero-order valence-electron chi connectivity index (χ0n) is 11.2. The molecule has 0 spiro atoms. The summed E-state index contributed by atoms with van der Waals surface area (Å²) in [5, 5.41) is 3.45. The average molecular weight is 236 g/mol. The molecule has 0 bridgehead atoms. The Morgan fingerprint density at radius 1 is 1.29 bits per heavy atom. The van der Waals surface area contributed by atoms with E-state index in [1.807, 2.05) is 0 Å². The fraction of sp³-hybridized carbons (Fsp3) is 0.571. The number of hydrogen-bond donors (Lipinski definition) is 1. The molecule has 0 fully saturated rings. The largest absolute Gasteiger partial charge is 0.380 e. The number of rotatable bonds is 8. The van der Waals surface area contributed by atoms with Gasteiger partial charge in [0, 0.05) is 26.7 Å². The van der Waals surface area contributed by atoms with Crippen molar-refractivity contribution in [3.8, 4) is 0 Å². The number of ether oxygens (including phenoxy) is 1. The molecule has 1 N–H and O–H groups in total. The molecule has 0 atom stereocenters. The highest BCUT2D eigenvalue weighted by molar-refractivity contribution is 5.22. The number of benzene rings is 1. The van der Waals surface area contributed by atoms with Crippen molar-refractivity contribution in [2.24, 2.45) is 0 Å². The van der Waals surface area contributed by atoms with E-state index >= 15 is 0 Å². The van der Waals surface area contributed by atoms with Crippen LogP contribution in [0.5, 0.6) is 0 Å². The molecule has 3 heteroatoms. The van der Waals surface area contributed by atoms with Crippen molar-refractivity contribution in [3.63, 3.8) is 0 Å². The van der Waals surface area contributed by atoms with Crippen LogP contribution in [0.15, 0.2) is 24.3 Å². The average Bonchev–Trinajstić information content (AvgIpc) is 2.35. The van der Waals surface area contributed by atoms with Crippen LogP contribution < -0.4 is 5.32 Å². The van der Waals surface area contributed by atoms with E-state index in [1.165, 1.54) is 11.1 Å². The molecule has 3 nitrogen and oxygen atoms in total. The quantitative estimate of drug-likeness (QED) is 0.697. The van der Waals surface area contributed by atoms with Crippen LogP contribution in [0.2, 0.25) is 0 Å². The maximum Gasteiger partial charge on any atom is 0.0713 e. The van der Waals surface area contributed by atoms with E-state index in [2.05, 4.69) is 48.5 Å². The van der Waals surface area contributed by atoms with Crippen LogP contribution in [-0.2, 0) is 17.9 Å². The van der Waals surface area contributed by atoms with Gasteiger partial charge >= 0.3 is 0 Å². The number of methoxy groups -OCH3 is 1. The first kappa shape index (κ1) is 14.2. The number of nitrogens with one attached hydrogen (secondary N) is 1. The molecule has 0 heterocycles. The van der Waals surface area contributed by atoms with Gasteiger partial charge in [-0.05, 0) is 24.7 Å². The predicted octanol–water partition coefficient (Wildman–Crippen LogP) is 1.87. The second kappa shape index (κ2) is 8.23. The fourth-order valence-corrected chi connectivity index (χ4v) is 1.66. The van der Waals surface area contributed by atoms with Gasteiger partial charge < -0.3 is 15.0 Å². The molecule has 1 aromatic rings. The van der Waals surface area contributed by atoms with Crippen molar-refractivity contribution < 1.29 is 4.74 Å². The Morgan fingerprint density at radius 3 is 2.76 bits per heavy atom. The lowest BCUT2D eigenvalue weighted by Gasteiger charge is -2.14. The normalized spacial score (nSPS) is 11.1. The first-order valence-corrected chi connectivity index (χ1v) is 6.22. The highest BCUT2D eigenvalue weighted by Gasteiger charge is 1.97. The van der Waals surface area contributed by atoms with Crippen LogP contribution >= 0.6 is 0 Å². The maximum absolute atomic E-state index is 5.13. The van der Waals surface area contributed by atoms with E-state index in [0.717, 1.165) is 26.2 Å². The lowest BCUT2D eigenvalue weighted by molar-refractivity contribution is 0.185. The Morgan fingerprint density at radius 2 is 2.06 bits per heavy atom. The van der Waals surface area contributed by atoms with Crippen LogP contribution in [-0.4, -0.2) is 38.7 Å². The molecule has 0 saturated carbocycles. The molecule has 0 aliphatic heterocycles. The van der Waals surface area contributed by atoms with Gasteiger partial charge in [-0.2, -0.15) is 0 Å². The summed E-state index contributed by atoms with van der Waals surface area (Å²) in [5.41, 5.74) is 2.55. The van der Waals surface area contributed by atoms with Crippen LogP contribution in [0.1, 0.15) is 18.1 Å². The molecule has 0 saturated heterocycles. The molecule has 0 aliphatic carbocycles. The predicted molar refractivity (Wildman–Crippen MR) is 72.0 cm³/mol. The number of nitrogens with zero attached hydrogens (tertiary/aromatic N) is 1. The smallest absolute Gasteiger partial charge is 0.0713 e. The summed E-state index contributed by atoms with van der Waals surface area (Å²) < 4.78 is 5.13.